The number of hydrogen-bond acceptors (Lipinski definition) is 3. The standard InChI is InChI=1S/C20H32N2O3S/c1-13(2)17(6)21-20(23)18-7-9-22(10-8-18)26(24,25)19-15(4)11-14(3)12-16(19)5/h11-13,17-18H,7-10H2,1-6H3,(H,21,23). The van der Waals surface area contributed by atoms with Gasteiger partial charge in [0.05, 0.1) is 4.90 Å². The molecule has 1 amide bonds. The second kappa shape index (κ2) is 8.09. The molecule has 1 heterocycles. The van der Waals surface area contributed by atoms with Crippen molar-refractivity contribution in [3.8, 4) is 0 Å². The fourth-order valence-corrected chi connectivity index (χ4v) is 5.45. The summed E-state index contributed by atoms with van der Waals surface area (Å²) in [6.45, 7) is 12.6. The van der Waals surface area contributed by atoms with Gasteiger partial charge in [-0.05, 0) is 57.6 Å². The number of sulfonamides is 1. The monoisotopic (exact) mass is 380 g/mol. The summed E-state index contributed by atoms with van der Waals surface area (Å²) in [7, 11) is -3.52. The molecule has 6 heteroatoms. The van der Waals surface area contributed by atoms with E-state index in [0.29, 0.717) is 36.7 Å². The number of nitrogens with zero attached hydrogens (tertiary/aromatic N) is 1. The molecule has 1 aliphatic rings. The molecule has 1 aromatic carbocycles. The van der Waals surface area contributed by atoms with E-state index in [1.807, 2.05) is 39.8 Å². The number of benzene rings is 1. The van der Waals surface area contributed by atoms with Crippen LogP contribution in [0.1, 0.15) is 50.3 Å². The highest BCUT2D eigenvalue weighted by Gasteiger charge is 2.34. The predicted octanol–water partition coefficient (Wildman–Crippen LogP) is 3.17. The van der Waals surface area contributed by atoms with Crippen LogP contribution in [0.3, 0.4) is 0 Å². The van der Waals surface area contributed by atoms with E-state index in [4.69, 9.17) is 0 Å². The number of aryl methyl sites for hydroxylation is 3. The summed E-state index contributed by atoms with van der Waals surface area (Å²) in [5, 5.41) is 3.05. The molecule has 1 atom stereocenters. The third kappa shape index (κ3) is 4.46. The summed E-state index contributed by atoms with van der Waals surface area (Å²) >= 11 is 0. The van der Waals surface area contributed by atoms with Crippen LogP contribution in [-0.4, -0.2) is 37.8 Å². The number of hydrogen-bond donors (Lipinski definition) is 1. The van der Waals surface area contributed by atoms with Gasteiger partial charge in [-0.25, -0.2) is 8.42 Å². The summed E-state index contributed by atoms with van der Waals surface area (Å²) in [5.74, 6) is 0.320. The number of carbonyl (C=O) groups excluding carboxylic acids is 1. The first-order chi connectivity index (χ1) is 12.0. The summed E-state index contributed by atoms with van der Waals surface area (Å²) in [4.78, 5) is 12.8. The third-order valence-corrected chi connectivity index (χ3v) is 7.60. The second-order valence-corrected chi connectivity index (χ2v) is 9.82. The van der Waals surface area contributed by atoms with E-state index in [1.165, 1.54) is 4.31 Å². The van der Waals surface area contributed by atoms with Crippen LogP contribution in [0.5, 0.6) is 0 Å². The van der Waals surface area contributed by atoms with Crippen LogP contribution in [0, 0.1) is 32.6 Å². The Bertz CT molecular complexity index is 740. The molecule has 1 aliphatic heterocycles. The number of piperidine rings is 1. The van der Waals surface area contributed by atoms with E-state index in [1.54, 1.807) is 0 Å². The van der Waals surface area contributed by atoms with Gasteiger partial charge in [0.1, 0.15) is 0 Å². The molecule has 1 fully saturated rings. The molecular weight excluding hydrogens is 348 g/mol. The van der Waals surface area contributed by atoms with Gasteiger partial charge < -0.3 is 5.32 Å². The lowest BCUT2D eigenvalue weighted by Gasteiger charge is -2.32. The molecule has 146 valence electrons. The zero-order valence-corrected chi connectivity index (χ0v) is 17.6. The Hall–Kier alpha value is -1.40. The maximum atomic E-state index is 13.1. The zero-order valence-electron chi connectivity index (χ0n) is 16.8. The van der Waals surface area contributed by atoms with Crippen LogP contribution in [0.15, 0.2) is 17.0 Å². The van der Waals surface area contributed by atoms with Crippen molar-refractivity contribution in [2.45, 2.75) is 65.3 Å². The van der Waals surface area contributed by atoms with Crippen molar-refractivity contribution in [2.75, 3.05) is 13.1 Å². The van der Waals surface area contributed by atoms with E-state index in [0.717, 1.165) is 16.7 Å². The molecule has 1 saturated heterocycles. The van der Waals surface area contributed by atoms with Gasteiger partial charge in [0.15, 0.2) is 0 Å². The first kappa shape index (κ1) is 20.9. The number of carbonyl (C=O) groups is 1. The van der Waals surface area contributed by atoms with Gasteiger partial charge >= 0.3 is 0 Å². The summed E-state index contributed by atoms with van der Waals surface area (Å²) in [6.07, 6.45) is 1.14. The molecule has 1 N–H and O–H groups in total. The molecule has 0 radical (unpaired) electrons. The van der Waals surface area contributed by atoms with Crippen LogP contribution in [-0.2, 0) is 14.8 Å². The molecule has 0 aromatic heterocycles. The van der Waals surface area contributed by atoms with E-state index in [-0.39, 0.29) is 17.9 Å². The molecule has 0 spiro atoms. The van der Waals surface area contributed by atoms with Gasteiger partial charge in [-0.2, -0.15) is 4.31 Å². The highest BCUT2D eigenvalue weighted by Crippen LogP contribution is 2.29. The summed E-state index contributed by atoms with van der Waals surface area (Å²) in [5.41, 5.74) is 2.63. The van der Waals surface area contributed by atoms with E-state index in [9.17, 15) is 13.2 Å². The largest absolute Gasteiger partial charge is 0.353 e. The first-order valence-electron chi connectivity index (χ1n) is 9.42. The van der Waals surface area contributed by atoms with Crippen LogP contribution in [0.25, 0.3) is 0 Å². The van der Waals surface area contributed by atoms with Gasteiger partial charge in [0.25, 0.3) is 0 Å². The van der Waals surface area contributed by atoms with Gasteiger partial charge in [0, 0.05) is 25.0 Å². The first-order valence-corrected chi connectivity index (χ1v) is 10.9. The topological polar surface area (TPSA) is 66.5 Å². The van der Waals surface area contributed by atoms with Gasteiger partial charge in [-0.3, -0.25) is 4.79 Å². The minimum Gasteiger partial charge on any atom is -0.353 e. The molecule has 1 aromatic rings. The number of amides is 1. The molecule has 26 heavy (non-hydrogen) atoms. The minimum atomic E-state index is -3.52. The molecule has 0 saturated carbocycles. The van der Waals surface area contributed by atoms with Crippen molar-refractivity contribution in [3.63, 3.8) is 0 Å². The third-order valence-electron chi connectivity index (χ3n) is 5.40. The van der Waals surface area contributed by atoms with Gasteiger partial charge in [0.2, 0.25) is 15.9 Å². The van der Waals surface area contributed by atoms with Crippen LogP contribution < -0.4 is 5.32 Å². The average Bonchev–Trinajstić information content (AvgIpc) is 2.53. The Morgan fingerprint density at radius 3 is 2.04 bits per heavy atom. The number of nitrogens with one attached hydrogen (secondary N) is 1. The van der Waals surface area contributed by atoms with Crippen LogP contribution in [0.2, 0.25) is 0 Å². The molecule has 2 rings (SSSR count). The maximum Gasteiger partial charge on any atom is 0.243 e. The predicted molar refractivity (Wildman–Crippen MR) is 105 cm³/mol. The van der Waals surface area contributed by atoms with E-state index >= 15 is 0 Å². The smallest absolute Gasteiger partial charge is 0.243 e. The minimum absolute atomic E-state index is 0.0472. The van der Waals surface area contributed by atoms with Crippen molar-refractivity contribution in [2.24, 2.45) is 11.8 Å². The van der Waals surface area contributed by atoms with Gasteiger partial charge in [-0.1, -0.05) is 31.5 Å². The molecule has 0 aliphatic carbocycles. The summed E-state index contributed by atoms with van der Waals surface area (Å²) in [6, 6.07) is 3.95. The van der Waals surface area contributed by atoms with Crippen molar-refractivity contribution >= 4 is 15.9 Å². The number of rotatable bonds is 5. The molecular formula is C20H32N2O3S. The highest BCUT2D eigenvalue weighted by molar-refractivity contribution is 7.89. The Morgan fingerprint density at radius 2 is 1.58 bits per heavy atom. The highest BCUT2D eigenvalue weighted by atomic mass is 32.2. The maximum absolute atomic E-state index is 13.1. The van der Waals surface area contributed by atoms with Crippen LogP contribution >= 0.6 is 0 Å². The lowest BCUT2D eigenvalue weighted by atomic mass is 9.96. The van der Waals surface area contributed by atoms with Crippen molar-refractivity contribution in [1.29, 1.82) is 0 Å². The Balaban J connectivity index is 2.09. The van der Waals surface area contributed by atoms with Crippen molar-refractivity contribution < 1.29 is 13.2 Å². The Morgan fingerprint density at radius 1 is 1.08 bits per heavy atom. The van der Waals surface area contributed by atoms with Crippen molar-refractivity contribution in [1.82, 2.24) is 9.62 Å². The SMILES string of the molecule is Cc1cc(C)c(S(=O)(=O)N2CCC(C(=O)NC(C)C(C)C)CC2)c(C)c1. The van der Waals surface area contributed by atoms with Gasteiger partial charge in [-0.15, -0.1) is 0 Å². The Labute approximate surface area is 158 Å². The van der Waals surface area contributed by atoms with E-state index in [2.05, 4.69) is 19.2 Å². The molecule has 0 bridgehead atoms. The second-order valence-electron chi connectivity index (χ2n) is 7.95. The lowest BCUT2D eigenvalue weighted by molar-refractivity contribution is -0.127. The Kier molecular flexibility index (Phi) is 6.51. The quantitative estimate of drug-likeness (QED) is 0.853. The normalized spacial score (nSPS) is 18.1. The van der Waals surface area contributed by atoms with E-state index < -0.39 is 10.0 Å². The fraction of sp³-hybridized carbons (Fsp3) is 0.650. The van der Waals surface area contributed by atoms with Crippen molar-refractivity contribution in [3.05, 3.63) is 28.8 Å². The molecule has 1 unspecified atom stereocenters. The lowest BCUT2D eigenvalue weighted by Crippen LogP contribution is -2.45. The fourth-order valence-electron chi connectivity index (χ4n) is 3.57. The average molecular weight is 381 g/mol. The summed E-state index contributed by atoms with van der Waals surface area (Å²) < 4.78 is 27.8. The van der Waals surface area contributed by atoms with Crippen LogP contribution in [0.4, 0.5) is 0 Å². The zero-order chi connectivity index (χ0) is 19.6. The molecule has 5 nitrogen and oxygen atoms in total.